The van der Waals surface area contributed by atoms with Crippen LogP contribution in [0.3, 0.4) is 0 Å². The van der Waals surface area contributed by atoms with Crippen molar-refractivity contribution >= 4 is 16.8 Å². The molecule has 90 valence electrons. The van der Waals surface area contributed by atoms with Crippen LogP contribution in [0.4, 0.5) is 0 Å². The largest absolute Gasteiger partial charge is 0.355 e. The molecule has 0 spiro atoms. The number of fused-ring (bicyclic) bond motifs is 1. The first-order valence-electron chi connectivity index (χ1n) is 5.79. The number of carbonyl (C=O) groups is 1. The Morgan fingerprint density at radius 1 is 1.41 bits per heavy atom. The molecule has 0 saturated carbocycles. The first kappa shape index (κ1) is 11.7. The minimum absolute atomic E-state index is 0.0351. The van der Waals surface area contributed by atoms with E-state index in [1.165, 1.54) is 0 Å². The van der Waals surface area contributed by atoms with Gasteiger partial charge in [-0.25, -0.2) is 0 Å². The van der Waals surface area contributed by atoms with Gasteiger partial charge in [0.15, 0.2) is 0 Å². The van der Waals surface area contributed by atoms with Gasteiger partial charge in [0, 0.05) is 24.8 Å². The molecule has 0 saturated heterocycles. The third-order valence-corrected chi connectivity index (χ3v) is 2.76. The Kier molecular flexibility index (Phi) is 3.44. The fraction of sp³-hybridized carbons (Fsp3) is 0.308. The minimum Gasteiger partial charge on any atom is -0.355 e. The van der Waals surface area contributed by atoms with Crippen LogP contribution in [0.1, 0.15) is 12.5 Å². The van der Waals surface area contributed by atoms with E-state index >= 15 is 0 Å². The molecule has 0 bridgehead atoms. The lowest BCUT2D eigenvalue weighted by Crippen LogP contribution is -2.26. The van der Waals surface area contributed by atoms with Crippen LogP contribution in [0.25, 0.3) is 10.9 Å². The molecule has 3 N–H and O–H groups in total. The summed E-state index contributed by atoms with van der Waals surface area (Å²) in [4.78, 5) is 11.5. The zero-order chi connectivity index (χ0) is 12.3. The monoisotopic (exact) mass is 231 g/mol. The van der Waals surface area contributed by atoms with Crippen molar-refractivity contribution in [1.29, 1.82) is 0 Å². The summed E-state index contributed by atoms with van der Waals surface area (Å²) in [5.74, 6) is 0.0351. The second kappa shape index (κ2) is 5.01. The molecule has 1 aromatic carbocycles. The van der Waals surface area contributed by atoms with Gasteiger partial charge < -0.3 is 15.6 Å². The summed E-state index contributed by atoms with van der Waals surface area (Å²) in [7, 11) is 0. The molecule has 0 aliphatic heterocycles. The summed E-state index contributed by atoms with van der Waals surface area (Å²) in [6.07, 6.45) is 1.93. The van der Waals surface area contributed by atoms with Gasteiger partial charge in [0.1, 0.15) is 6.54 Å². The van der Waals surface area contributed by atoms with Crippen molar-refractivity contribution in [3.63, 3.8) is 0 Å². The SMILES string of the molecule is CCNC(=O)Cn1ccc2cc(CN)ccc21. The fourth-order valence-corrected chi connectivity index (χ4v) is 1.92. The van der Waals surface area contributed by atoms with E-state index in [0.717, 1.165) is 16.5 Å². The van der Waals surface area contributed by atoms with E-state index in [0.29, 0.717) is 19.6 Å². The molecule has 0 aliphatic rings. The number of aromatic nitrogens is 1. The number of hydrogen-bond donors (Lipinski definition) is 2. The number of nitrogens with two attached hydrogens (primary N) is 1. The lowest BCUT2D eigenvalue weighted by atomic mass is 10.1. The number of benzene rings is 1. The third-order valence-electron chi connectivity index (χ3n) is 2.76. The predicted octanol–water partition coefficient (Wildman–Crippen LogP) is 1.24. The third kappa shape index (κ3) is 2.47. The summed E-state index contributed by atoms with van der Waals surface area (Å²) < 4.78 is 1.95. The van der Waals surface area contributed by atoms with Gasteiger partial charge in [-0.3, -0.25) is 4.79 Å². The van der Waals surface area contributed by atoms with Crippen molar-refractivity contribution in [1.82, 2.24) is 9.88 Å². The summed E-state index contributed by atoms with van der Waals surface area (Å²) in [6, 6.07) is 8.07. The summed E-state index contributed by atoms with van der Waals surface area (Å²) in [5.41, 5.74) is 7.77. The van der Waals surface area contributed by atoms with Gasteiger partial charge in [0.25, 0.3) is 0 Å². The zero-order valence-corrected chi connectivity index (χ0v) is 9.94. The standard InChI is InChI=1S/C13H17N3O/c1-2-15-13(17)9-16-6-5-11-7-10(8-14)3-4-12(11)16/h3-7H,2,8-9,14H2,1H3,(H,15,17). The van der Waals surface area contributed by atoms with Gasteiger partial charge in [-0.15, -0.1) is 0 Å². The van der Waals surface area contributed by atoms with Crippen LogP contribution in [0.15, 0.2) is 30.5 Å². The first-order valence-corrected chi connectivity index (χ1v) is 5.79. The molecule has 2 rings (SSSR count). The summed E-state index contributed by atoms with van der Waals surface area (Å²) >= 11 is 0. The summed E-state index contributed by atoms with van der Waals surface area (Å²) in [6.45, 7) is 3.48. The molecule has 4 heteroatoms. The van der Waals surface area contributed by atoms with E-state index < -0.39 is 0 Å². The van der Waals surface area contributed by atoms with Crippen LogP contribution in [0.5, 0.6) is 0 Å². The highest BCUT2D eigenvalue weighted by Gasteiger charge is 2.05. The maximum atomic E-state index is 11.5. The highest BCUT2D eigenvalue weighted by molar-refractivity contribution is 5.83. The van der Waals surface area contributed by atoms with Gasteiger partial charge in [-0.2, -0.15) is 0 Å². The highest BCUT2D eigenvalue weighted by Crippen LogP contribution is 2.17. The van der Waals surface area contributed by atoms with Crippen LogP contribution < -0.4 is 11.1 Å². The number of nitrogens with one attached hydrogen (secondary N) is 1. The van der Waals surface area contributed by atoms with Crippen molar-refractivity contribution in [3.8, 4) is 0 Å². The summed E-state index contributed by atoms with van der Waals surface area (Å²) in [5, 5.41) is 3.91. The Hall–Kier alpha value is -1.81. The van der Waals surface area contributed by atoms with Crippen LogP contribution in [0.2, 0.25) is 0 Å². The Balaban J connectivity index is 2.27. The van der Waals surface area contributed by atoms with Crippen molar-refractivity contribution < 1.29 is 4.79 Å². The van der Waals surface area contributed by atoms with Crippen molar-refractivity contribution in [2.24, 2.45) is 5.73 Å². The molecule has 0 atom stereocenters. The Bertz CT molecular complexity index is 530. The van der Waals surface area contributed by atoms with E-state index in [1.54, 1.807) is 0 Å². The van der Waals surface area contributed by atoms with Crippen molar-refractivity contribution in [3.05, 3.63) is 36.0 Å². The molecular weight excluding hydrogens is 214 g/mol. The quantitative estimate of drug-likeness (QED) is 0.831. The van der Waals surface area contributed by atoms with E-state index in [1.807, 2.05) is 35.9 Å². The van der Waals surface area contributed by atoms with Gasteiger partial charge in [-0.1, -0.05) is 6.07 Å². The fourth-order valence-electron chi connectivity index (χ4n) is 1.92. The molecule has 1 aromatic heterocycles. The van der Waals surface area contributed by atoms with E-state index in [9.17, 15) is 4.79 Å². The molecule has 4 nitrogen and oxygen atoms in total. The second-order valence-corrected chi connectivity index (χ2v) is 3.99. The smallest absolute Gasteiger partial charge is 0.239 e. The normalized spacial score (nSPS) is 10.7. The highest BCUT2D eigenvalue weighted by atomic mass is 16.1. The van der Waals surface area contributed by atoms with Crippen LogP contribution in [0, 0.1) is 0 Å². The minimum atomic E-state index is 0.0351. The topological polar surface area (TPSA) is 60.0 Å². The molecule has 0 unspecified atom stereocenters. The molecule has 2 aromatic rings. The van der Waals surface area contributed by atoms with Crippen LogP contribution in [-0.4, -0.2) is 17.0 Å². The Morgan fingerprint density at radius 3 is 2.94 bits per heavy atom. The average molecular weight is 231 g/mol. The van der Waals surface area contributed by atoms with E-state index in [2.05, 4.69) is 11.4 Å². The van der Waals surface area contributed by atoms with Gasteiger partial charge in [0.05, 0.1) is 0 Å². The molecule has 0 aliphatic carbocycles. The lowest BCUT2D eigenvalue weighted by molar-refractivity contribution is -0.121. The molecule has 1 heterocycles. The maximum absolute atomic E-state index is 11.5. The maximum Gasteiger partial charge on any atom is 0.239 e. The second-order valence-electron chi connectivity index (χ2n) is 3.99. The van der Waals surface area contributed by atoms with Crippen LogP contribution >= 0.6 is 0 Å². The molecular formula is C13H17N3O. The van der Waals surface area contributed by atoms with E-state index in [4.69, 9.17) is 5.73 Å². The molecule has 1 amide bonds. The lowest BCUT2D eigenvalue weighted by Gasteiger charge is -2.06. The van der Waals surface area contributed by atoms with Gasteiger partial charge in [-0.05, 0) is 36.1 Å². The van der Waals surface area contributed by atoms with Gasteiger partial charge >= 0.3 is 0 Å². The number of nitrogens with zero attached hydrogens (tertiary/aromatic N) is 1. The van der Waals surface area contributed by atoms with E-state index in [-0.39, 0.29) is 5.91 Å². The Labute approximate surface area is 100 Å². The van der Waals surface area contributed by atoms with Crippen LogP contribution in [-0.2, 0) is 17.9 Å². The predicted molar refractivity (Wildman–Crippen MR) is 68.5 cm³/mol. The Morgan fingerprint density at radius 2 is 2.24 bits per heavy atom. The number of amides is 1. The molecule has 17 heavy (non-hydrogen) atoms. The van der Waals surface area contributed by atoms with Gasteiger partial charge in [0.2, 0.25) is 5.91 Å². The molecule has 0 fully saturated rings. The van der Waals surface area contributed by atoms with Crippen molar-refractivity contribution in [2.75, 3.05) is 6.54 Å². The average Bonchev–Trinajstić information content (AvgIpc) is 2.72. The first-order chi connectivity index (χ1) is 8.24. The number of carbonyl (C=O) groups excluding carboxylic acids is 1. The number of likely N-dealkylation sites (N-methyl/N-ethyl adjacent to an activating group) is 1. The molecule has 0 radical (unpaired) electrons. The number of rotatable bonds is 4. The zero-order valence-electron chi connectivity index (χ0n) is 9.94. The number of hydrogen-bond acceptors (Lipinski definition) is 2. The van der Waals surface area contributed by atoms with Crippen molar-refractivity contribution in [2.45, 2.75) is 20.0 Å².